The monoisotopic (exact) mass is 330 g/mol. The van der Waals surface area contributed by atoms with Crippen molar-refractivity contribution in [3.63, 3.8) is 0 Å². The van der Waals surface area contributed by atoms with E-state index in [4.69, 9.17) is 4.74 Å². The smallest absolute Gasteiger partial charge is 0.244 e. The van der Waals surface area contributed by atoms with Crippen LogP contribution in [-0.4, -0.2) is 21.1 Å². The van der Waals surface area contributed by atoms with Crippen LogP contribution in [0, 0.1) is 6.92 Å². The molecule has 0 saturated heterocycles. The molecule has 2 aromatic rings. The lowest BCUT2D eigenvalue weighted by molar-refractivity contribution is 0.476. The average molecular weight is 330 g/mol. The molecule has 0 amide bonds. The Morgan fingerprint density at radius 3 is 2.70 bits per heavy atom. The van der Waals surface area contributed by atoms with Crippen molar-refractivity contribution in [3.8, 4) is 11.5 Å². The number of hydrogen-bond donors (Lipinski definition) is 1. The average Bonchev–Trinajstić information content (AvgIpc) is 3.35. The Bertz CT molecular complexity index is 860. The fourth-order valence-corrected chi connectivity index (χ4v) is 4.03. The van der Waals surface area contributed by atoms with Crippen molar-refractivity contribution >= 4 is 15.7 Å². The van der Waals surface area contributed by atoms with Crippen LogP contribution < -0.4 is 14.4 Å². The molecule has 6 heteroatoms. The maximum absolute atomic E-state index is 12.3. The summed E-state index contributed by atoms with van der Waals surface area (Å²) in [6.45, 7) is 2.30. The number of nitrogens with one attached hydrogen (secondary N) is 1. The molecule has 1 aliphatic heterocycles. The van der Waals surface area contributed by atoms with Crippen LogP contribution in [-0.2, 0) is 10.0 Å². The van der Waals surface area contributed by atoms with Crippen molar-refractivity contribution in [2.24, 2.45) is 0 Å². The quantitative estimate of drug-likeness (QED) is 0.940. The molecule has 0 unspecified atom stereocenters. The fraction of sp³-hybridized carbons (Fsp3) is 0.294. The van der Waals surface area contributed by atoms with E-state index >= 15 is 0 Å². The molecule has 0 aromatic heterocycles. The fourth-order valence-electron chi connectivity index (χ4n) is 2.84. The number of para-hydroxylation sites is 1. The third kappa shape index (κ3) is 2.68. The lowest BCUT2D eigenvalue weighted by Crippen LogP contribution is -2.44. The first-order chi connectivity index (χ1) is 11.0. The Balaban J connectivity index is 1.73. The third-order valence-electron chi connectivity index (χ3n) is 4.26. The number of hydrogen-bond acceptors (Lipinski definition) is 4. The van der Waals surface area contributed by atoms with Crippen molar-refractivity contribution < 1.29 is 13.2 Å². The van der Waals surface area contributed by atoms with Crippen LogP contribution >= 0.6 is 0 Å². The summed E-state index contributed by atoms with van der Waals surface area (Å²) in [7, 11) is -3.48. The summed E-state index contributed by atoms with van der Waals surface area (Å²) in [5.41, 5.74) is 1.77. The third-order valence-corrected chi connectivity index (χ3v) is 5.68. The number of ether oxygens (including phenoxy) is 1. The predicted molar refractivity (Wildman–Crippen MR) is 88.4 cm³/mol. The van der Waals surface area contributed by atoms with Gasteiger partial charge < -0.3 is 9.64 Å². The minimum absolute atomic E-state index is 0.293. The van der Waals surface area contributed by atoms with Crippen LogP contribution in [0.1, 0.15) is 18.4 Å². The molecule has 0 atom stereocenters. The van der Waals surface area contributed by atoms with Crippen molar-refractivity contribution in [1.29, 1.82) is 0 Å². The second-order valence-electron chi connectivity index (χ2n) is 6.00. The molecule has 1 saturated carbocycles. The first kappa shape index (κ1) is 14.5. The molecule has 0 spiro atoms. The molecule has 2 aliphatic rings. The second-order valence-corrected chi connectivity index (χ2v) is 7.74. The van der Waals surface area contributed by atoms with Gasteiger partial charge in [-0.2, -0.15) is 4.72 Å². The highest BCUT2D eigenvalue weighted by molar-refractivity contribution is 7.89. The van der Waals surface area contributed by atoms with E-state index < -0.39 is 10.0 Å². The summed E-state index contributed by atoms with van der Waals surface area (Å²) in [5, 5.41) is 0. The molecule has 1 fully saturated rings. The normalized spacial score (nSPS) is 19.3. The molecule has 1 N–H and O–H groups in total. The van der Waals surface area contributed by atoms with Gasteiger partial charge in [-0.25, -0.2) is 8.42 Å². The maximum Gasteiger partial charge on any atom is 0.244 e. The van der Waals surface area contributed by atoms with Gasteiger partial charge in [-0.3, -0.25) is 0 Å². The number of aryl methyl sites for hydroxylation is 1. The van der Waals surface area contributed by atoms with E-state index in [0.29, 0.717) is 23.4 Å². The van der Waals surface area contributed by atoms with Crippen molar-refractivity contribution in [2.75, 3.05) is 11.6 Å². The molecule has 5 nitrogen and oxygen atoms in total. The number of benzene rings is 2. The van der Waals surface area contributed by atoms with Crippen molar-refractivity contribution in [3.05, 3.63) is 48.0 Å². The van der Waals surface area contributed by atoms with Crippen LogP contribution in [0.2, 0.25) is 0 Å². The largest absolute Gasteiger partial charge is 0.457 e. The Morgan fingerprint density at radius 1 is 1.17 bits per heavy atom. The lowest BCUT2D eigenvalue weighted by Gasteiger charge is -2.31. The van der Waals surface area contributed by atoms with Crippen LogP contribution in [0.3, 0.4) is 0 Å². The second kappa shape index (κ2) is 5.25. The topological polar surface area (TPSA) is 58.6 Å². The molecular weight excluding hydrogens is 312 g/mol. The summed E-state index contributed by atoms with van der Waals surface area (Å²) in [4.78, 5) is 2.41. The summed E-state index contributed by atoms with van der Waals surface area (Å²) < 4.78 is 33.2. The number of nitrogens with zero attached hydrogens (tertiary/aromatic N) is 1. The molecule has 120 valence electrons. The summed E-state index contributed by atoms with van der Waals surface area (Å²) in [6, 6.07) is 13.4. The van der Waals surface area contributed by atoms with E-state index in [1.54, 1.807) is 6.07 Å². The molecule has 4 rings (SSSR count). The van der Waals surface area contributed by atoms with Gasteiger partial charge in [-0.05, 0) is 43.5 Å². The SMILES string of the molecule is Cc1ccccc1Oc1ccc2c(c1)S(=O)(=O)NCN2C1CC1. The number of anilines is 1. The van der Waals surface area contributed by atoms with Gasteiger partial charge in [0.1, 0.15) is 16.4 Å². The molecule has 1 heterocycles. The van der Waals surface area contributed by atoms with Gasteiger partial charge in [0.25, 0.3) is 0 Å². The molecule has 0 radical (unpaired) electrons. The Hall–Kier alpha value is -2.05. The Kier molecular flexibility index (Phi) is 3.32. The predicted octanol–water partition coefficient (Wildman–Crippen LogP) is 3.01. The van der Waals surface area contributed by atoms with E-state index in [-0.39, 0.29) is 0 Å². The first-order valence-electron chi connectivity index (χ1n) is 7.68. The minimum Gasteiger partial charge on any atom is -0.457 e. The lowest BCUT2D eigenvalue weighted by atomic mass is 10.2. The Morgan fingerprint density at radius 2 is 1.96 bits per heavy atom. The van der Waals surface area contributed by atoms with E-state index in [2.05, 4.69) is 9.62 Å². The molecule has 2 aromatic carbocycles. The summed E-state index contributed by atoms with van der Waals surface area (Å²) in [6.07, 6.45) is 2.23. The van der Waals surface area contributed by atoms with Gasteiger partial charge in [0, 0.05) is 12.1 Å². The highest BCUT2D eigenvalue weighted by atomic mass is 32.2. The van der Waals surface area contributed by atoms with Gasteiger partial charge in [-0.15, -0.1) is 0 Å². The van der Waals surface area contributed by atoms with Crippen LogP contribution in [0.25, 0.3) is 0 Å². The van der Waals surface area contributed by atoms with Crippen molar-refractivity contribution in [2.45, 2.75) is 30.7 Å². The van der Waals surface area contributed by atoms with E-state index in [0.717, 1.165) is 29.8 Å². The number of rotatable bonds is 3. The zero-order valence-electron chi connectivity index (χ0n) is 12.8. The van der Waals surface area contributed by atoms with Gasteiger partial charge in [0.2, 0.25) is 10.0 Å². The van der Waals surface area contributed by atoms with Crippen LogP contribution in [0.15, 0.2) is 47.4 Å². The highest BCUT2D eigenvalue weighted by Crippen LogP contribution is 2.39. The maximum atomic E-state index is 12.3. The van der Waals surface area contributed by atoms with E-state index in [1.165, 1.54) is 0 Å². The Labute approximate surface area is 135 Å². The van der Waals surface area contributed by atoms with Crippen LogP contribution in [0.5, 0.6) is 11.5 Å². The first-order valence-corrected chi connectivity index (χ1v) is 9.17. The molecular formula is C17H18N2O3S. The minimum atomic E-state index is -3.48. The standard InChI is InChI=1S/C17H18N2O3S/c1-12-4-2-3-5-16(12)22-14-8-9-15-17(10-14)23(20,21)18-11-19(15)13-6-7-13/h2-5,8-10,13,18H,6-7,11H2,1H3. The van der Waals surface area contributed by atoms with E-state index in [9.17, 15) is 8.42 Å². The summed E-state index contributed by atoms with van der Waals surface area (Å²) >= 11 is 0. The molecule has 0 bridgehead atoms. The van der Waals surface area contributed by atoms with Crippen molar-refractivity contribution in [1.82, 2.24) is 4.72 Å². The highest BCUT2D eigenvalue weighted by Gasteiger charge is 2.36. The number of fused-ring (bicyclic) bond motifs is 1. The van der Waals surface area contributed by atoms with Gasteiger partial charge in [-0.1, -0.05) is 18.2 Å². The zero-order chi connectivity index (χ0) is 16.0. The zero-order valence-corrected chi connectivity index (χ0v) is 13.6. The van der Waals surface area contributed by atoms with E-state index in [1.807, 2.05) is 43.3 Å². The van der Waals surface area contributed by atoms with Gasteiger partial charge >= 0.3 is 0 Å². The van der Waals surface area contributed by atoms with Crippen LogP contribution in [0.4, 0.5) is 5.69 Å². The van der Waals surface area contributed by atoms with Gasteiger partial charge in [0.05, 0.1) is 12.4 Å². The number of sulfonamides is 1. The molecule has 1 aliphatic carbocycles. The van der Waals surface area contributed by atoms with Gasteiger partial charge in [0.15, 0.2) is 0 Å². The summed E-state index contributed by atoms with van der Waals surface area (Å²) in [5.74, 6) is 1.26. The molecule has 23 heavy (non-hydrogen) atoms.